The summed E-state index contributed by atoms with van der Waals surface area (Å²) in [5.41, 5.74) is 5.75. The summed E-state index contributed by atoms with van der Waals surface area (Å²) in [5.74, 6) is 2.30. The number of nitrogens with two attached hydrogens (primary N) is 1. The zero-order valence-electron chi connectivity index (χ0n) is 11.2. The summed E-state index contributed by atoms with van der Waals surface area (Å²) in [6, 6.07) is 0.820. The van der Waals surface area contributed by atoms with Crippen LogP contribution in [0.1, 0.15) is 46.0 Å². The SMILES string of the molecule is CC1CC(C)CC(N2CCC(C(N)=S)CC2)C1. The van der Waals surface area contributed by atoms with Gasteiger partial charge in [0.1, 0.15) is 0 Å². The first-order valence-electron chi connectivity index (χ1n) is 7.09. The lowest BCUT2D eigenvalue weighted by Crippen LogP contribution is -2.46. The van der Waals surface area contributed by atoms with Crippen molar-refractivity contribution in [2.24, 2.45) is 23.5 Å². The number of nitrogens with zero attached hydrogens (tertiary/aromatic N) is 1. The Morgan fingerprint density at radius 1 is 1.06 bits per heavy atom. The third-order valence-corrected chi connectivity index (χ3v) is 4.94. The first kappa shape index (κ1) is 13.3. The molecule has 3 heteroatoms. The van der Waals surface area contributed by atoms with Crippen LogP contribution in [0.5, 0.6) is 0 Å². The maximum atomic E-state index is 5.75. The van der Waals surface area contributed by atoms with E-state index in [1.165, 1.54) is 45.2 Å². The first-order valence-corrected chi connectivity index (χ1v) is 7.50. The van der Waals surface area contributed by atoms with Crippen LogP contribution < -0.4 is 5.73 Å². The second-order valence-corrected chi connectivity index (χ2v) is 6.76. The van der Waals surface area contributed by atoms with Gasteiger partial charge in [-0.15, -0.1) is 0 Å². The highest BCUT2D eigenvalue weighted by Gasteiger charge is 2.31. The molecule has 1 heterocycles. The van der Waals surface area contributed by atoms with E-state index >= 15 is 0 Å². The molecule has 2 fully saturated rings. The predicted octanol–water partition coefficient (Wildman–Crippen LogP) is 2.81. The zero-order valence-corrected chi connectivity index (χ0v) is 12.0. The van der Waals surface area contributed by atoms with Crippen molar-refractivity contribution >= 4 is 17.2 Å². The van der Waals surface area contributed by atoms with E-state index in [1.807, 2.05) is 0 Å². The van der Waals surface area contributed by atoms with Crippen LogP contribution in [0.3, 0.4) is 0 Å². The lowest BCUT2D eigenvalue weighted by Gasteiger charge is -2.42. The fourth-order valence-electron chi connectivity index (χ4n) is 3.75. The van der Waals surface area contributed by atoms with Crippen LogP contribution >= 0.6 is 12.2 Å². The molecule has 98 valence electrons. The van der Waals surface area contributed by atoms with E-state index in [0.29, 0.717) is 5.92 Å². The lowest BCUT2D eigenvalue weighted by atomic mass is 9.79. The van der Waals surface area contributed by atoms with Gasteiger partial charge in [-0.3, -0.25) is 0 Å². The molecule has 2 atom stereocenters. The Kier molecular flexibility index (Phi) is 4.42. The highest BCUT2D eigenvalue weighted by Crippen LogP contribution is 2.33. The predicted molar refractivity (Wildman–Crippen MR) is 77.0 cm³/mol. The summed E-state index contributed by atoms with van der Waals surface area (Å²) in [6.07, 6.45) is 6.55. The Hall–Kier alpha value is -0.150. The van der Waals surface area contributed by atoms with Crippen molar-refractivity contribution in [1.82, 2.24) is 4.90 Å². The van der Waals surface area contributed by atoms with Gasteiger partial charge in [0.2, 0.25) is 0 Å². The number of piperidine rings is 1. The smallest absolute Gasteiger partial charge is 0.0759 e. The maximum absolute atomic E-state index is 5.75. The molecule has 2 aliphatic rings. The molecule has 1 saturated heterocycles. The zero-order chi connectivity index (χ0) is 12.4. The number of thiocarbonyl (C=S) groups is 1. The van der Waals surface area contributed by atoms with Crippen molar-refractivity contribution in [3.05, 3.63) is 0 Å². The van der Waals surface area contributed by atoms with Crippen LogP contribution in [0.25, 0.3) is 0 Å². The van der Waals surface area contributed by atoms with Crippen molar-refractivity contribution < 1.29 is 0 Å². The second kappa shape index (κ2) is 5.66. The van der Waals surface area contributed by atoms with Gasteiger partial charge < -0.3 is 10.6 Å². The molecule has 2 unspecified atom stereocenters. The van der Waals surface area contributed by atoms with Crippen molar-refractivity contribution in [2.75, 3.05) is 13.1 Å². The quantitative estimate of drug-likeness (QED) is 0.768. The molecule has 0 amide bonds. The minimum Gasteiger partial charge on any atom is -0.393 e. The summed E-state index contributed by atoms with van der Waals surface area (Å²) in [4.78, 5) is 3.43. The van der Waals surface area contributed by atoms with Gasteiger partial charge in [0, 0.05) is 12.0 Å². The van der Waals surface area contributed by atoms with Gasteiger partial charge in [-0.2, -0.15) is 0 Å². The van der Waals surface area contributed by atoms with Crippen molar-refractivity contribution in [2.45, 2.75) is 52.0 Å². The molecule has 0 radical (unpaired) electrons. The molecule has 2 nitrogen and oxygen atoms in total. The summed E-state index contributed by atoms with van der Waals surface area (Å²) in [7, 11) is 0. The van der Waals surface area contributed by atoms with Crippen LogP contribution in [0.15, 0.2) is 0 Å². The van der Waals surface area contributed by atoms with Crippen molar-refractivity contribution in [3.63, 3.8) is 0 Å². The number of likely N-dealkylation sites (tertiary alicyclic amines) is 1. The molecule has 17 heavy (non-hydrogen) atoms. The Bertz CT molecular complexity index is 261. The topological polar surface area (TPSA) is 29.3 Å². The Labute approximate surface area is 111 Å². The van der Waals surface area contributed by atoms with E-state index in [4.69, 9.17) is 18.0 Å². The van der Waals surface area contributed by atoms with Crippen LogP contribution in [0.2, 0.25) is 0 Å². The molecule has 1 aliphatic carbocycles. The molecule has 0 aromatic heterocycles. The number of hydrogen-bond donors (Lipinski definition) is 1. The molecule has 0 spiro atoms. The Balaban J connectivity index is 1.85. The normalized spacial score (nSPS) is 36.9. The van der Waals surface area contributed by atoms with Gasteiger partial charge in [-0.05, 0) is 57.0 Å². The first-order chi connectivity index (χ1) is 8.06. The van der Waals surface area contributed by atoms with Crippen LogP contribution in [0, 0.1) is 17.8 Å². The minimum atomic E-state index is 0.500. The van der Waals surface area contributed by atoms with E-state index < -0.39 is 0 Å². The van der Waals surface area contributed by atoms with Gasteiger partial charge >= 0.3 is 0 Å². The Morgan fingerprint density at radius 3 is 2.06 bits per heavy atom. The summed E-state index contributed by atoms with van der Waals surface area (Å²) in [5, 5.41) is 0. The third kappa shape index (κ3) is 3.41. The van der Waals surface area contributed by atoms with Crippen molar-refractivity contribution in [1.29, 1.82) is 0 Å². The average molecular weight is 254 g/mol. The number of hydrogen-bond acceptors (Lipinski definition) is 2. The highest BCUT2D eigenvalue weighted by atomic mass is 32.1. The Morgan fingerprint density at radius 2 is 1.59 bits per heavy atom. The van der Waals surface area contributed by atoms with E-state index in [-0.39, 0.29) is 0 Å². The van der Waals surface area contributed by atoms with E-state index in [1.54, 1.807) is 0 Å². The fraction of sp³-hybridized carbons (Fsp3) is 0.929. The van der Waals surface area contributed by atoms with E-state index in [2.05, 4.69) is 18.7 Å². The van der Waals surface area contributed by atoms with Gasteiger partial charge in [-0.25, -0.2) is 0 Å². The standard InChI is InChI=1S/C14H26N2S/c1-10-7-11(2)9-13(8-10)16-5-3-12(4-6-16)14(15)17/h10-13H,3-9H2,1-2H3,(H2,15,17). The fourth-order valence-corrected chi connectivity index (χ4v) is 3.99. The van der Waals surface area contributed by atoms with E-state index in [9.17, 15) is 0 Å². The minimum absolute atomic E-state index is 0.500. The van der Waals surface area contributed by atoms with Gasteiger partial charge in [0.25, 0.3) is 0 Å². The van der Waals surface area contributed by atoms with Gasteiger partial charge in [0.05, 0.1) is 4.99 Å². The van der Waals surface area contributed by atoms with Crippen LogP contribution in [-0.2, 0) is 0 Å². The molecular weight excluding hydrogens is 228 g/mol. The maximum Gasteiger partial charge on any atom is 0.0759 e. The summed E-state index contributed by atoms with van der Waals surface area (Å²) in [6.45, 7) is 7.22. The average Bonchev–Trinajstić information content (AvgIpc) is 2.28. The van der Waals surface area contributed by atoms with E-state index in [0.717, 1.165) is 22.9 Å². The molecule has 2 rings (SSSR count). The lowest BCUT2D eigenvalue weighted by molar-refractivity contribution is 0.0848. The molecule has 0 bridgehead atoms. The number of rotatable bonds is 2. The highest BCUT2D eigenvalue weighted by molar-refractivity contribution is 7.80. The molecule has 2 N–H and O–H groups in total. The molecule has 1 aliphatic heterocycles. The van der Waals surface area contributed by atoms with Crippen LogP contribution in [0.4, 0.5) is 0 Å². The summed E-state index contributed by atoms with van der Waals surface area (Å²) >= 11 is 5.11. The van der Waals surface area contributed by atoms with Crippen molar-refractivity contribution in [3.8, 4) is 0 Å². The van der Waals surface area contributed by atoms with Gasteiger partial charge in [0.15, 0.2) is 0 Å². The largest absolute Gasteiger partial charge is 0.393 e. The molecule has 0 aromatic rings. The molecule has 1 saturated carbocycles. The molecular formula is C14H26N2S. The van der Waals surface area contributed by atoms with Gasteiger partial charge in [-0.1, -0.05) is 26.1 Å². The second-order valence-electron chi connectivity index (χ2n) is 6.28. The summed E-state index contributed by atoms with van der Waals surface area (Å²) < 4.78 is 0. The van der Waals surface area contributed by atoms with Crippen LogP contribution in [-0.4, -0.2) is 29.0 Å². The third-order valence-electron chi connectivity index (χ3n) is 4.60. The monoisotopic (exact) mass is 254 g/mol. The molecule has 0 aromatic carbocycles.